The molecular weight excluding hydrogens is 631 g/mol. The highest BCUT2D eigenvalue weighted by Gasteiger charge is 2.70. The average molecular weight is 689 g/mol. The average Bonchev–Trinajstić information content (AvgIpc) is 3.51. The van der Waals surface area contributed by atoms with E-state index in [2.05, 4.69) is 65.0 Å². The zero-order valence-corrected chi connectivity index (χ0v) is 31.3. The predicted molar refractivity (Wildman–Crippen MR) is 190 cm³/mol. The molecule has 8 heteroatoms. The first kappa shape index (κ1) is 35.4. The van der Waals surface area contributed by atoms with E-state index >= 15 is 0 Å². The number of hydrogen-bond donors (Lipinski definition) is 2. The lowest BCUT2D eigenvalue weighted by Gasteiger charge is -2.71. The summed E-state index contributed by atoms with van der Waals surface area (Å²) in [6.45, 7) is 18.2. The van der Waals surface area contributed by atoms with Crippen LogP contribution in [0.2, 0.25) is 0 Å². The monoisotopic (exact) mass is 688 g/mol. The van der Waals surface area contributed by atoms with E-state index in [0.717, 1.165) is 51.4 Å². The number of aliphatic hydroxyl groups excluding tert-OH is 1. The van der Waals surface area contributed by atoms with E-state index in [1.165, 1.54) is 24.6 Å². The van der Waals surface area contributed by atoms with Gasteiger partial charge in [0.15, 0.2) is 5.76 Å². The Hall–Kier alpha value is -3.00. The molecular formula is C42H57FN2O5. The molecule has 5 aliphatic rings. The summed E-state index contributed by atoms with van der Waals surface area (Å²) in [4.78, 5) is 26.6. The number of aromatic nitrogens is 1. The molecule has 1 amide bonds. The standard InChI is InChI=1S/C42H57FN2O5/c1-25(46)49-35-32(47)23-39(6)33(38(35,4)5)14-15-41(8)34(39)13-12-29-30-22-37(2,3)16-18-42(30,19-17-40(29,41)7)36(48)44-24-28-21-31(45-50-28)26-10-9-11-27(43)20-26/h9-12,20-21,30,32-35,47H,13-19,22-24H2,1-8H3,(H,44,48)/t30?,32-,33?,34?,35+,39+,40-,41-,42+/m1/s1. The maximum Gasteiger partial charge on any atom is 0.303 e. The molecule has 4 saturated carbocycles. The first-order valence-corrected chi connectivity index (χ1v) is 18.9. The second-order valence-electron chi connectivity index (χ2n) is 18.9. The third-order valence-electron chi connectivity index (χ3n) is 15.4. The molecule has 1 aromatic carbocycles. The minimum Gasteiger partial charge on any atom is -0.459 e. The second-order valence-corrected chi connectivity index (χ2v) is 18.9. The molecule has 9 atom stereocenters. The van der Waals surface area contributed by atoms with Crippen LogP contribution in [0.1, 0.15) is 119 Å². The molecule has 7 nitrogen and oxygen atoms in total. The molecule has 5 aliphatic carbocycles. The van der Waals surface area contributed by atoms with Crippen molar-refractivity contribution in [3.63, 3.8) is 0 Å². The van der Waals surface area contributed by atoms with Crippen molar-refractivity contribution in [3.8, 4) is 11.3 Å². The van der Waals surface area contributed by atoms with Crippen LogP contribution in [0.4, 0.5) is 4.39 Å². The second kappa shape index (κ2) is 11.8. The maximum atomic E-state index is 14.5. The van der Waals surface area contributed by atoms with Gasteiger partial charge in [-0.15, -0.1) is 0 Å². The van der Waals surface area contributed by atoms with Crippen LogP contribution in [-0.4, -0.2) is 34.3 Å². The number of amides is 1. The van der Waals surface area contributed by atoms with Crippen LogP contribution >= 0.6 is 0 Å². The summed E-state index contributed by atoms with van der Waals surface area (Å²) in [5, 5.41) is 19.0. The lowest BCUT2D eigenvalue weighted by molar-refractivity contribution is -0.238. The maximum absolute atomic E-state index is 14.5. The molecule has 0 bridgehead atoms. The van der Waals surface area contributed by atoms with Crippen molar-refractivity contribution in [1.82, 2.24) is 10.5 Å². The Bertz CT molecular complexity index is 1710. The van der Waals surface area contributed by atoms with Crippen molar-refractivity contribution >= 4 is 11.9 Å². The highest BCUT2D eigenvalue weighted by atomic mass is 19.1. The molecule has 272 valence electrons. The van der Waals surface area contributed by atoms with Crippen LogP contribution in [-0.2, 0) is 20.9 Å². The van der Waals surface area contributed by atoms with E-state index in [4.69, 9.17) is 9.26 Å². The molecule has 0 aliphatic heterocycles. The molecule has 0 radical (unpaired) electrons. The van der Waals surface area contributed by atoms with Crippen LogP contribution in [0.25, 0.3) is 11.3 Å². The van der Waals surface area contributed by atoms with E-state index in [0.29, 0.717) is 35.3 Å². The van der Waals surface area contributed by atoms with Crippen LogP contribution in [0.15, 0.2) is 46.5 Å². The van der Waals surface area contributed by atoms with Gasteiger partial charge in [0.2, 0.25) is 5.91 Å². The summed E-state index contributed by atoms with van der Waals surface area (Å²) < 4.78 is 25.2. The van der Waals surface area contributed by atoms with Gasteiger partial charge in [0.1, 0.15) is 17.6 Å². The van der Waals surface area contributed by atoms with Crippen LogP contribution < -0.4 is 5.32 Å². The van der Waals surface area contributed by atoms with Gasteiger partial charge in [-0.25, -0.2) is 4.39 Å². The van der Waals surface area contributed by atoms with Gasteiger partial charge < -0.3 is 19.7 Å². The summed E-state index contributed by atoms with van der Waals surface area (Å²) in [5.41, 5.74) is 1.78. The fourth-order valence-corrected chi connectivity index (χ4v) is 12.7. The van der Waals surface area contributed by atoms with Crippen molar-refractivity contribution in [3.05, 3.63) is 53.6 Å². The number of ether oxygens (including phenoxy) is 1. The number of rotatable bonds is 5. The highest BCUT2D eigenvalue weighted by molar-refractivity contribution is 5.84. The van der Waals surface area contributed by atoms with Gasteiger partial charge in [-0.2, -0.15) is 0 Å². The summed E-state index contributed by atoms with van der Waals surface area (Å²) in [6.07, 6.45) is 9.62. The number of hydrogen-bond acceptors (Lipinski definition) is 6. The van der Waals surface area contributed by atoms with Crippen molar-refractivity contribution in [2.75, 3.05) is 0 Å². The Morgan fingerprint density at radius 2 is 1.74 bits per heavy atom. The molecule has 2 aromatic rings. The van der Waals surface area contributed by atoms with Crippen molar-refractivity contribution < 1.29 is 28.3 Å². The van der Waals surface area contributed by atoms with E-state index in [9.17, 15) is 19.1 Å². The molecule has 50 heavy (non-hydrogen) atoms. The number of fused-ring (bicyclic) bond motifs is 7. The Morgan fingerprint density at radius 1 is 1.00 bits per heavy atom. The normalized spacial score (nSPS) is 39.9. The number of carbonyl (C=O) groups is 2. The number of halogens is 1. The van der Waals surface area contributed by atoms with Gasteiger partial charge >= 0.3 is 5.97 Å². The zero-order chi connectivity index (χ0) is 36.1. The van der Waals surface area contributed by atoms with Crippen molar-refractivity contribution in [2.24, 2.45) is 50.2 Å². The molecule has 2 N–H and O–H groups in total. The number of esters is 1. The number of nitrogens with one attached hydrogen (secondary N) is 1. The third-order valence-corrected chi connectivity index (χ3v) is 15.4. The Kier molecular flexibility index (Phi) is 8.33. The van der Waals surface area contributed by atoms with Crippen molar-refractivity contribution in [2.45, 2.75) is 132 Å². The van der Waals surface area contributed by atoms with E-state index in [1.807, 2.05) is 0 Å². The fourth-order valence-electron chi connectivity index (χ4n) is 12.7. The largest absolute Gasteiger partial charge is 0.459 e. The Labute approximate surface area is 297 Å². The molecule has 4 fully saturated rings. The van der Waals surface area contributed by atoms with Crippen LogP contribution in [0.5, 0.6) is 0 Å². The quantitative estimate of drug-likeness (QED) is 0.241. The molecule has 0 spiro atoms. The van der Waals surface area contributed by atoms with Gasteiger partial charge in [0.05, 0.1) is 18.1 Å². The van der Waals surface area contributed by atoms with Crippen molar-refractivity contribution in [1.29, 1.82) is 0 Å². The number of aliphatic hydroxyl groups is 1. The molecule has 1 heterocycles. The summed E-state index contributed by atoms with van der Waals surface area (Å²) in [6, 6.07) is 8.06. The minimum atomic E-state index is -0.702. The fraction of sp³-hybridized carbons (Fsp3) is 0.690. The van der Waals surface area contributed by atoms with E-state index < -0.39 is 17.6 Å². The lowest BCUT2D eigenvalue weighted by Crippen LogP contribution is -2.67. The molecule has 3 unspecified atom stereocenters. The molecule has 0 saturated heterocycles. The summed E-state index contributed by atoms with van der Waals surface area (Å²) in [5.74, 6) is 0.818. The first-order chi connectivity index (χ1) is 23.4. The van der Waals surface area contributed by atoms with Gasteiger partial charge in [0.25, 0.3) is 0 Å². The predicted octanol–water partition coefficient (Wildman–Crippen LogP) is 8.80. The first-order valence-electron chi connectivity index (χ1n) is 18.9. The van der Waals surface area contributed by atoms with E-state index in [-0.39, 0.29) is 57.2 Å². The molecule has 1 aromatic heterocycles. The van der Waals surface area contributed by atoms with Gasteiger partial charge in [-0.1, -0.05) is 77.4 Å². The Balaban J connectivity index is 1.18. The summed E-state index contributed by atoms with van der Waals surface area (Å²) in [7, 11) is 0. The van der Waals surface area contributed by atoms with Gasteiger partial charge in [0, 0.05) is 24.0 Å². The Morgan fingerprint density at radius 3 is 2.46 bits per heavy atom. The van der Waals surface area contributed by atoms with Gasteiger partial charge in [-0.05, 0) is 109 Å². The number of allylic oxidation sites excluding steroid dienone is 2. The topological polar surface area (TPSA) is 102 Å². The highest BCUT2D eigenvalue weighted by Crippen LogP contribution is 2.76. The SMILES string of the molecule is CC(=O)O[C@H]1[C@H](O)C[C@@]2(C)C(CC[C@]3(C)C2CC=C2C4CC(C)(C)CC[C@]4(C(=O)NCc4cc(-c5cccc(F)c5)no4)CC[C@]23C)C1(C)C. The smallest absolute Gasteiger partial charge is 0.303 e. The van der Waals surface area contributed by atoms with E-state index in [1.54, 1.807) is 18.2 Å². The number of carbonyl (C=O) groups excluding carboxylic acids is 2. The zero-order valence-electron chi connectivity index (χ0n) is 31.3. The van der Waals surface area contributed by atoms with Gasteiger partial charge in [-0.3, -0.25) is 9.59 Å². The number of nitrogens with zero attached hydrogens (tertiary/aromatic N) is 1. The number of benzene rings is 1. The minimum absolute atomic E-state index is 0.00375. The summed E-state index contributed by atoms with van der Waals surface area (Å²) >= 11 is 0. The third kappa shape index (κ3) is 5.24. The van der Waals surface area contributed by atoms with Crippen LogP contribution in [0, 0.1) is 56.1 Å². The lowest BCUT2D eigenvalue weighted by atomic mass is 9.33. The molecule has 7 rings (SSSR count). The van der Waals surface area contributed by atoms with Crippen LogP contribution in [0.3, 0.4) is 0 Å².